The summed E-state index contributed by atoms with van der Waals surface area (Å²) in [6.07, 6.45) is 0. The van der Waals surface area contributed by atoms with E-state index in [0.29, 0.717) is 26.7 Å². The molecule has 3 rings (SSSR count). The van der Waals surface area contributed by atoms with Crippen LogP contribution >= 0.6 is 23.2 Å². The highest BCUT2D eigenvalue weighted by molar-refractivity contribution is 7.93. The fourth-order valence-electron chi connectivity index (χ4n) is 3.69. The molecule has 1 heterocycles. The van der Waals surface area contributed by atoms with Gasteiger partial charge in [0, 0.05) is 12.4 Å². The van der Waals surface area contributed by atoms with E-state index in [0.717, 1.165) is 18.2 Å². The monoisotopic (exact) mass is 524 g/mol. The molecule has 182 valence electrons. The zero-order chi connectivity index (χ0) is 25.6. The number of ether oxygens (including phenoxy) is 1. The normalized spacial score (nSPS) is 13.1. The minimum atomic E-state index is -3.98. The number of fused-ring (bicyclic) bond motifs is 1. The second-order valence-corrected chi connectivity index (χ2v) is 11.9. The number of esters is 1. The Morgan fingerprint density at radius 1 is 1.09 bits per heavy atom. The van der Waals surface area contributed by atoms with Crippen LogP contribution in [-0.4, -0.2) is 36.7 Å². The van der Waals surface area contributed by atoms with Crippen molar-refractivity contribution in [1.82, 2.24) is 9.88 Å². The molecule has 1 N–H and O–H groups in total. The number of nitrogens with zero attached hydrogens (tertiary/aromatic N) is 1. The number of rotatable bonds is 6. The number of aryl methyl sites for hydroxylation is 2. The maximum absolute atomic E-state index is 13.0. The summed E-state index contributed by atoms with van der Waals surface area (Å²) in [5.74, 6) is -1.16. The number of halogens is 2. The number of hydrogen-bond acceptors (Lipinski definition) is 5. The van der Waals surface area contributed by atoms with Gasteiger partial charge in [-0.25, -0.2) is 8.42 Å². The average molecular weight is 525 g/mol. The van der Waals surface area contributed by atoms with Crippen molar-refractivity contribution >= 4 is 55.8 Å². The molecule has 0 aliphatic rings. The molecular weight excluding hydrogens is 499 g/mol. The van der Waals surface area contributed by atoms with E-state index in [9.17, 15) is 18.0 Å². The molecule has 0 radical (unpaired) electrons. The van der Waals surface area contributed by atoms with Gasteiger partial charge in [0.25, 0.3) is 5.91 Å². The van der Waals surface area contributed by atoms with E-state index in [1.54, 1.807) is 36.7 Å². The highest BCUT2D eigenvalue weighted by Crippen LogP contribution is 2.35. The summed E-state index contributed by atoms with van der Waals surface area (Å²) in [5.41, 5.74) is 2.70. The number of carbonyl (C=O) groups excluding carboxylic acids is 2. The first kappa shape index (κ1) is 26.1. The van der Waals surface area contributed by atoms with Gasteiger partial charge in [0.05, 0.1) is 33.6 Å². The second kappa shape index (κ2) is 9.24. The summed E-state index contributed by atoms with van der Waals surface area (Å²) >= 11 is 12.6. The fraction of sp³-hybridized carbons (Fsp3) is 0.333. The lowest BCUT2D eigenvalue weighted by Crippen LogP contribution is -2.41. The molecule has 0 saturated carbocycles. The predicted octanol–water partition coefficient (Wildman–Crippen LogP) is 5.01. The van der Waals surface area contributed by atoms with Crippen molar-refractivity contribution < 1.29 is 22.7 Å². The number of benzene rings is 2. The van der Waals surface area contributed by atoms with Gasteiger partial charge in [0.2, 0.25) is 0 Å². The molecule has 0 fully saturated rings. The van der Waals surface area contributed by atoms with Gasteiger partial charge in [0.1, 0.15) is 5.69 Å². The number of aromatic nitrogens is 1. The summed E-state index contributed by atoms with van der Waals surface area (Å²) in [6.45, 7) is 6.24. The first-order chi connectivity index (χ1) is 15.7. The van der Waals surface area contributed by atoms with Crippen LogP contribution in [-0.2, 0) is 26.4 Å². The highest BCUT2D eigenvalue weighted by atomic mass is 35.5. The van der Waals surface area contributed by atoms with Crippen molar-refractivity contribution in [1.29, 1.82) is 0 Å². The third kappa shape index (κ3) is 4.30. The van der Waals surface area contributed by atoms with Gasteiger partial charge < -0.3 is 14.6 Å². The number of sulfone groups is 1. The average Bonchev–Trinajstić information content (AvgIpc) is 3.13. The molecule has 10 heteroatoms. The third-order valence-corrected chi connectivity index (χ3v) is 9.41. The molecule has 0 bridgehead atoms. The molecule has 0 aliphatic carbocycles. The van der Waals surface area contributed by atoms with Gasteiger partial charge in [-0.3, -0.25) is 9.59 Å². The molecule has 7 nitrogen and oxygen atoms in total. The van der Waals surface area contributed by atoms with Crippen LogP contribution in [0.2, 0.25) is 10.0 Å². The van der Waals surface area contributed by atoms with Crippen molar-refractivity contribution in [2.75, 3.05) is 7.11 Å². The van der Waals surface area contributed by atoms with Crippen LogP contribution in [0.1, 0.15) is 48.4 Å². The van der Waals surface area contributed by atoms with Crippen LogP contribution in [0, 0.1) is 6.92 Å². The van der Waals surface area contributed by atoms with Gasteiger partial charge in [0.15, 0.2) is 14.6 Å². The van der Waals surface area contributed by atoms with Crippen molar-refractivity contribution in [3.05, 3.63) is 63.3 Å². The Morgan fingerprint density at radius 2 is 1.68 bits per heavy atom. The smallest absolute Gasteiger partial charge is 0.327 e. The standard InChI is InChI=1S/C24H26Cl2N2O5S/c1-13-11-18-17(21(26)20(13)25)12-19(28(18)5)22(29)27-14(2)15-7-9-16(10-8-15)34(31,32)24(3,4)23(30)33-6/h7-12,14H,1-6H3,(H,27,29)/t14-/m1/s1. The number of nitrogens with one attached hydrogen (secondary N) is 1. The Labute approximate surface area is 208 Å². The molecule has 3 aromatic rings. The van der Waals surface area contributed by atoms with Gasteiger partial charge in [-0.05, 0) is 63.1 Å². The summed E-state index contributed by atoms with van der Waals surface area (Å²) in [5, 5.41) is 4.44. The number of hydrogen-bond donors (Lipinski definition) is 1. The van der Waals surface area contributed by atoms with Crippen LogP contribution in [0.5, 0.6) is 0 Å². The number of carbonyl (C=O) groups is 2. The first-order valence-electron chi connectivity index (χ1n) is 10.4. The molecule has 1 amide bonds. The van der Waals surface area contributed by atoms with E-state index in [1.165, 1.54) is 26.0 Å². The van der Waals surface area contributed by atoms with Crippen molar-refractivity contribution in [2.45, 2.75) is 43.4 Å². The molecule has 0 saturated heterocycles. The van der Waals surface area contributed by atoms with E-state index >= 15 is 0 Å². The fourth-order valence-corrected chi connectivity index (χ4v) is 5.53. The quantitative estimate of drug-likeness (QED) is 0.457. The van der Waals surface area contributed by atoms with E-state index in [1.807, 2.05) is 13.0 Å². The Kier molecular flexibility index (Phi) is 7.09. The summed E-state index contributed by atoms with van der Waals surface area (Å²) in [4.78, 5) is 25.0. The minimum Gasteiger partial charge on any atom is -0.468 e. The van der Waals surface area contributed by atoms with Crippen LogP contribution < -0.4 is 5.32 Å². The number of amides is 1. The van der Waals surface area contributed by atoms with Crippen LogP contribution in [0.25, 0.3) is 10.9 Å². The van der Waals surface area contributed by atoms with Crippen molar-refractivity contribution in [3.63, 3.8) is 0 Å². The Bertz CT molecular complexity index is 1390. The Hall–Kier alpha value is -2.55. The lowest BCUT2D eigenvalue weighted by Gasteiger charge is -2.22. The molecular formula is C24H26Cl2N2O5S. The Balaban J connectivity index is 1.85. The lowest BCUT2D eigenvalue weighted by atomic mass is 10.1. The van der Waals surface area contributed by atoms with E-state index in [4.69, 9.17) is 23.2 Å². The highest BCUT2D eigenvalue weighted by Gasteiger charge is 2.44. The second-order valence-electron chi connectivity index (χ2n) is 8.61. The first-order valence-corrected chi connectivity index (χ1v) is 12.7. The topological polar surface area (TPSA) is 94.5 Å². The molecule has 0 aliphatic heterocycles. The summed E-state index contributed by atoms with van der Waals surface area (Å²) in [6, 6.07) is 9.18. The molecule has 1 atom stereocenters. The SMILES string of the molecule is COC(=O)C(C)(C)S(=O)(=O)c1ccc([C@@H](C)NC(=O)c2cc3c(Cl)c(Cl)c(C)cc3n2C)cc1. The molecule has 0 unspecified atom stereocenters. The molecule has 0 spiro atoms. The van der Waals surface area contributed by atoms with Gasteiger partial charge in [-0.15, -0.1) is 0 Å². The van der Waals surface area contributed by atoms with E-state index < -0.39 is 26.6 Å². The predicted molar refractivity (Wildman–Crippen MR) is 133 cm³/mol. The lowest BCUT2D eigenvalue weighted by molar-refractivity contribution is -0.142. The maximum Gasteiger partial charge on any atom is 0.327 e. The summed E-state index contributed by atoms with van der Waals surface area (Å²) < 4.78 is 30.5. The molecule has 34 heavy (non-hydrogen) atoms. The van der Waals surface area contributed by atoms with Crippen LogP contribution in [0.15, 0.2) is 41.3 Å². The van der Waals surface area contributed by atoms with Crippen LogP contribution in [0.3, 0.4) is 0 Å². The van der Waals surface area contributed by atoms with E-state index in [-0.39, 0.29) is 10.8 Å². The summed E-state index contributed by atoms with van der Waals surface area (Å²) in [7, 11) is -1.06. The van der Waals surface area contributed by atoms with Crippen LogP contribution in [0.4, 0.5) is 0 Å². The molecule has 1 aromatic heterocycles. The van der Waals surface area contributed by atoms with Gasteiger partial charge in [-0.1, -0.05) is 35.3 Å². The third-order valence-electron chi connectivity index (χ3n) is 6.03. The molecule has 2 aromatic carbocycles. The minimum absolute atomic E-state index is 0.0132. The van der Waals surface area contributed by atoms with E-state index in [2.05, 4.69) is 10.1 Å². The van der Waals surface area contributed by atoms with Gasteiger partial charge >= 0.3 is 5.97 Å². The zero-order valence-electron chi connectivity index (χ0n) is 19.7. The maximum atomic E-state index is 13.0. The van der Waals surface area contributed by atoms with Gasteiger partial charge in [-0.2, -0.15) is 0 Å². The number of methoxy groups -OCH3 is 1. The Morgan fingerprint density at radius 3 is 2.24 bits per heavy atom. The van der Waals surface area contributed by atoms with Crippen molar-refractivity contribution in [3.8, 4) is 0 Å². The largest absolute Gasteiger partial charge is 0.468 e. The zero-order valence-corrected chi connectivity index (χ0v) is 22.0. The van der Waals surface area contributed by atoms with Crippen molar-refractivity contribution in [2.24, 2.45) is 7.05 Å².